The van der Waals surface area contributed by atoms with Gasteiger partial charge in [0.15, 0.2) is 0 Å². The van der Waals surface area contributed by atoms with Crippen LogP contribution in [0.1, 0.15) is 75.2 Å². The Labute approximate surface area is 191 Å². The molecule has 0 aliphatic rings. The standard InChI is InChI=1S/C5H11N.C5H12O.C4H11N.C4H8O.C4H8.C3H8O/c1-5(2)6(3)4;1-4-5(2)6-3;1-4-5(2)3;1-3-4(2)5;2*1-3-4-2/h1H2,2-4H3;5H,4H2,1-3H3;4H2,1-3H3;3H2,1-2H3;3-4H,1-2H3;3H2,1-2H3. The topological polar surface area (TPSA) is 42.0 Å². The number of ether oxygens (including phenoxy) is 2. The summed E-state index contributed by atoms with van der Waals surface area (Å²) in [6.07, 6.45) is 6.21. The molecule has 1 atom stereocenters. The van der Waals surface area contributed by atoms with E-state index in [-0.39, 0.29) is 5.78 Å². The summed E-state index contributed by atoms with van der Waals surface area (Å²) >= 11 is 0. The second-order valence-electron chi connectivity index (χ2n) is 6.78. The van der Waals surface area contributed by atoms with Crippen LogP contribution in [-0.2, 0) is 14.3 Å². The maximum atomic E-state index is 9.81. The molecule has 0 saturated carbocycles. The SMILES string of the molecule is C=C(C)N(C)C.CC=CC.CCC(C)=O.CCC(C)OC.CCN(C)C.CCOC. The molecule has 0 spiro atoms. The van der Waals surface area contributed by atoms with E-state index in [1.54, 1.807) is 21.1 Å². The fraction of sp³-hybridized carbons (Fsp3) is 0.800. The molecule has 0 N–H and O–H groups in total. The van der Waals surface area contributed by atoms with Crippen LogP contribution in [0.3, 0.4) is 0 Å². The Morgan fingerprint density at radius 1 is 0.967 bits per heavy atom. The van der Waals surface area contributed by atoms with Gasteiger partial charge in [0, 0.05) is 47.0 Å². The van der Waals surface area contributed by atoms with Gasteiger partial charge in [0.05, 0.1) is 6.10 Å². The summed E-state index contributed by atoms with van der Waals surface area (Å²) < 4.78 is 9.44. The van der Waals surface area contributed by atoms with Crippen LogP contribution in [-0.4, -0.2) is 77.2 Å². The van der Waals surface area contributed by atoms with Crippen LogP contribution in [0.25, 0.3) is 0 Å². The van der Waals surface area contributed by atoms with Gasteiger partial charge in [0.2, 0.25) is 0 Å². The molecule has 0 aliphatic carbocycles. The summed E-state index contributed by atoms with van der Waals surface area (Å²) in [4.78, 5) is 13.9. The van der Waals surface area contributed by atoms with Gasteiger partial charge >= 0.3 is 0 Å². The van der Waals surface area contributed by atoms with Crippen molar-refractivity contribution < 1.29 is 14.3 Å². The van der Waals surface area contributed by atoms with Crippen LogP contribution in [0.2, 0.25) is 0 Å². The molecule has 5 nitrogen and oxygen atoms in total. The van der Waals surface area contributed by atoms with Gasteiger partial charge in [-0.05, 0) is 68.6 Å². The molecule has 0 aromatic carbocycles. The highest BCUT2D eigenvalue weighted by molar-refractivity contribution is 5.74. The Hall–Kier alpha value is -1.17. The summed E-state index contributed by atoms with van der Waals surface area (Å²) in [5.74, 6) is 0.255. The number of ketones is 1. The third kappa shape index (κ3) is 109. The van der Waals surface area contributed by atoms with Crippen molar-refractivity contribution in [2.45, 2.75) is 81.3 Å². The minimum Gasteiger partial charge on any atom is -0.385 e. The number of nitrogens with zero attached hydrogens (tertiary/aromatic N) is 2. The summed E-state index contributed by atoms with van der Waals surface area (Å²) in [6.45, 7) is 23.3. The molecule has 0 amide bonds. The quantitative estimate of drug-likeness (QED) is 0.459. The van der Waals surface area contributed by atoms with Gasteiger partial charge in [-0.1, -0.05) is 39.5 Å². The summed E-state index contributed by atoms with van der Waals surface area (Å²) in [5.41, 5.74) is 1.09. The summed E-state index contributed by atoms with van der Waals surface area (Å²) in [6, 6.07) is 0. The van der Waals surface area contributed by atoms with E-state index in [1.807, 2.05) is 65.8 Å². The lowest BCUT2D eigenvalue weighted by atomic mass is 10.3. The van der Waals surface area contributed by atoms with E-state index in [1.165, 1.54) is 0 Å². The third-order valence-corrected chi connectivity index (χ3v) is 3.49. The van der Waals surface area contributed by atoms with Gasteiger partial charge in [-0.15, -0.1) is 0 Å². The highest BCUT2D eigenvalue weighted by Gasteiger charge is 1.88. The van der Waals surface area contributed by atoms with E-state index in [0.29, 0.717) is 12.5 Å². The van der Waals surface area contributed by atoms with Crippen LogP contribution < -0.4 is 0 Å². The smallest absolute Gasteiger partial charge is 0.129 e. The highest BCUT2D eigenvalue weighted by atomic mass is 16.5. The Morgan fingerprint density at radius 3 is 1.23 bits per heavy atom. The molecular formula is C25H58N2O3. The van der Waals surface area contributed by atoms with Crippen molar-refractivity contribution in [2.24, 2.45) is 0 Å². The predicted molar refractivity (Wildman–Crippen MR) is 139 cm³/mol. The average Bonchev–Trinajstić information content (AvgIpc) is 2.74. The lowest BCUT2D eigenvalue weighted by Gasteiger charge is -2.08. The molecule has 0 aromatic heterocycles. The molecule has 0 aromatic rings. The normalized spacial score (nSPS) is 9.60. The number of Topliss-reactive ketones (excluding diaryl/α,β-unsaturated/α-hetero) is 1. The zero-order valence-electron chi connectivity index (χ0n) is 23.4. The van der Waals surface area contributed by atoms with Crippen molar-refractivity contribution in [3.63, 3.8) is 0 Å². The van der Waals surface area contributed by atoms with Gasteiger partial charge in [-0.2, -0.15) is 0 Å². The molecule has 186 valence electrons. The molecular weight excluding hydrogens is 376 g/mol. The second-order valence-corrected chi connectivity index (χ2v) is 6.78. The molecule has 0 saturated heterocycles. The van der Waals surface area contributed by atoms with Crippen molar-refractivity contribution in [1.29, 1.82) is 0 Å². The van der Waals surface area contributed by atoms with Crippen molar-refractivity contribution in [3.05, 3.63) is 24.4 Å². The summed E-state index contributed by atoms with van der Waals surface area (Å²) in [5, 5.41) is 0. The molecule has 0 rings (SSSR count). The number of carbonyl (C=O) groups is 1. The van der Waals surface area contributed by atoms with Crippen LogP contribution in [0.4, 0.5) is 0 Å². The first kappa shape index (κ1) is 42.8. The van der Waals surface area contributed by atoms with Gasteiger partial charge in [0.1, 0.15) is 5.78 Å². The monoisotopic (exact) mass is 434 g/mol. The first-order valence-corrected chi connectivity index (χ1v) is 10.9. The molecule has 0 aliphatic heterocycles. The van der Waals surface area contributed by atoms with E-state index in [0.717, 1.165) is 25.3 Å². The van der Waals surface area contributed by atoms with Crippen molar-refractivity contribution in [3.8, 4) is 0 Å². The van der Waals surface area contributed by atoms with Crippen LogP contribution >= 0.6 is 0 Å². The van der Waals surface area contributed by atoms with E-state index in [4.69, 9.17) is 4.74 Å². The molecule has 1 unspecified atom stereocenters. The van der Waals surface area contributed by atoms with Crippen molar-refractivity contribution in [2.75, 3.05) is 55.6 Å². The predicted octanol–water partition coefficient (Wildman–Crippen LogP) is 6.30. The minimum absolute atomic E-state index is 0.255. The molecule has 0 fully saturated rings. The van der Waals surface area contributed by atoms with E-state index >= 15 is 0 Å². The second kappa shape index (κ2) is 42.0. The average molecular weight is 435 g/mol. The Morgan fingerprint density at radius 2 is 1.23 bits per heavy atom. The van der Waals surface area contributed by atoms with Gasteiger partial charge in [-0.3, -0.25) is 0 Å². The largest absolute Gasteiger partial charge is 0.385 e. The zero-order valence-corrected chi connectivity index (χ0v) is 23.4. The van der Waals surface area contributed by atoms with E-state index in [9.17, 15) is 4.79 Å². The van der Waals surface area contributed by atoms with Crippen LogP contribution in [0.15, 0.2) is 24.4 Å². The maximum absolute atomic E-state index is 9.81. The van der Waals surface area contributed by atoms with Crippen molar-refractivity contribution in [1.82, 2.24) is 9.80 Å². The fourth-order valence-corrected chi connectivity index (χ4v) is 0.167. The van der Waals surface area contributed by atoms with Crippen LogP contribution in [0, 0.1) is 0 Å². The third-order valence-electron chi connectivity index (χ3n) is 3.49. The number of allylic oxidation sites excluding steroid dienone is 3. The summed E-state index contributed by atoms with van der Waals surface area (Å²) in [7, 11) is 11.5. The molecule has 0 radical (unpaired) electrons. The van der Waals surface area contributed by atoms with E-state index in [2.05, 4.69) is 51.1 Å². The molecule has 0 bridgehead atoms. The molecule has 0 heterocycles. The fourth-order valence-electron chi connectivity index (χ4n) is 0.167. The van der Waals surface area contributed by atoms with Gasteiger partial charge in [0.25, 0.3) is 0 Å². The number of carbonyl (C=O) groups excluding carboxylic acids is 1. The van der Waals surface area contributed by atoms with Gasteiger partial charge in [-0.25, -0.2) is 0 Å². The number of rotatable bonds is 6. The number of hydrogen-bond acceptors (Lipinski definition) is 5. The minimum atomic E-state index is 0.255. The number of methoxy groups -OCH3 is 2. The van der Waals surface area contributed by atoms with Crippen molar-refractivity contribution >= 4 is 5.78 Å². The van der Waals surface area contributed by atoms with Gasteiger partial charge < -0.3 is 24.1 Å². The number of hydrogen-bond donors (Lipinski definition) is 0. The van der Waals surface area contributed by atoms with Crippen LogP contribution in [0.5, 0.6) is 0 Å². The lowest BCUT2D eigenvalue weighted by molar-refractivity contribution is -0.116. The van der Waals surface area contributed by atoms with E-state index < -0.39 is 0 Å². The Balaban J connectivity index is -0.0000000580. The maximum Gasteiger partial charge on any atom is 0.129 e. The first-order valence-electron chi connectivity index (χ1n) is 10.9. The Kier molecular flexibility index (Phi) is 60.0. The molecule has 5 heteroatoms. The lowest BCUT2D eigenvalue weighted by Crippen LogP contribution is -2.08. The molecule has 30 heavy (non-hydrogen) atoms. The zero-order chi connectivity index (χ0) is 25.5. The Bertz CT molecular complexity index is 318. The first-order chi connectivity index (χ1) is 13.8. The highest BCUT2D eigenvalue weighted by Crippen LogP contribution is 1.90.